The number of rotatable bonds is 3. The normalized spacial score (nSPS) is 15.3. The average molecular weight is 326 g/mol. The summed E-state index contributed by atoms with van der Waals surface area (Å²) in [6.45, 7) is 4.39. The quantitative estimate of drug-likeness (QED) is 0.846. The highest BCUT2D eigenvalue weighted by molar-refractivity contribution is 7.80. The molecule has 0 radical (unpaired) electrons. The zero-order chi connectivity index (χ0) is 16.1. The number of anilines is 3. The number of para-hydroxylation sites is 1. The SMILES string of the molecule is CN1CCN(c2ccc(NC(=S)Nc3ccccc3)cc2)CC1. The van der Waals surface area contributed by atoms with Crippen molar-refractivity contribution in [2.75, 3.05) is 48.8 Å². The molecule has 4 nitrogen and oxygen atoms in total. The molecule has 0 saturated carbocycles. The van der Waals surface area contributed by atoms with Crippen LogP contribution in [0.1, 0.15) is 0 Å². The molecule has 2 N–H and O–H groups in total. The zero-order valence-corrected chi connectivity index (χ0v) is 14.1. The summed E-state index contributed by atoms with van der Waals surface area (Å²) in [5, 5.41) is 7.00. The Morgan fingerprint density at radius 2 is 1.39 bits per heavy atom. The maximum absolute atomic E-state index is 5.35. The predicted octanol–water partition coefficient (Wildman–Crippen LogP) is 3.25. The molecule has 0 atom stereocenters. The molecule has 0 bridgehead atoms. The molecule has 2 aromatic carbocycles. The molecule has 0 amide bonds. The highest BCUT2D eigenvalue weighted by Crippen LogP contribution is 2.19. The van der Waals surface area contributed by atoms with Crippen molar-refractivity contribution in [2.24, 2.45) is 0 Å². The van der Waals surface area contributed by atoms with Crippen LogP contribution in [0.5, 0.6) is 0 Å². The van der Waals surface area contributed by atoms with Gasteiger partial charge in [0.05, 0.1) is 0 Å². The molecule has 3 rings (SSSR count). The van der Waals surface area contributed by atoms with Crippen molar-refractivity contribution in [3.63, 3.8) is 0 Å². The van der Waals surface area contributed by atoms with Crippen molar-refractivity contribution in [3.05, 3.63) is 54.6 Å². The molecule has 0 aromatic heterocycles. The number of thiocarbonyl (C=S) groups is 1. The number of nitrogens with one attached hydrogen (secondary N) is 2. The number of benzene rings is 2. The Hall–Kier alpha value is -2.11. The fourth-order valence-corrected chi connectivity index (χ4v) is 2.87. The van der Waals surface area contributed by atoms with E-state index in [1.165, 1.54) is 5.69 Å². The van der Waals surface area contributed by atoms with Gasteiger partial charge < -0.3 is 20.4 Å². The van der Waals surface area contributed by atoms with Crippen LogP contribution in [0.2, 0.25) is 0 Å². The van der Waals surface area contributed by atoms with Gasteiger partial charge in [0.1, 0.15) is 0 Å². The minimum absolute atomic E-state index is 0.601. The van der Waals surface area contributed by atoms with Crippen molar-refractivity contribution in [2.45, 2.75) is 0 Å². The molecular formula is C18H22N4S. The Kier molecular flexibility index (Phi) is 5.10. The third kappa shape index (κ3) is 4.43. The minimum atomic E-state index is 0.601. The molecule has 1 fully saturated rings. The monoisotopic (exact) mass is 326 g/mol. The van der Waals surface area contributed by atoms with Gasteiger partial charge in [0.25, 0.3) is 0 Å². The molecule has 1 heterocycles. The largest absolute Gasteiger partial charge is 0.369 e. The first-order valence-corrected chi connectivity index (χ1v) is 8.28. The van der Waals surface area contributed by atoms with Gasteiger partial charge >= 0.3 is 0 Å². The van der Waals surface area contributed by atoms with E-state index in [1.54, 1.807) is 0 Å². The van der Waals surface area contributed by atoms with E-state index in [2.05, 4.69) is 51.7 Å². The molecule has 2 aromatic rings. The number of likely N-dealkylation sites (N-methyl/N-ethyl adjacent to an activating group) is 1. The first-order chi connectivity index (χ1) is 11.2. The van der Waals surface area contributed by atoms with Gasteiger partial charge in [-0.2, -0.15) is 0 Å². The summed E-state index contributed by atoms with van der Waals surface area (Å²) in [4.78, 5) is 4.78. The van der Waals surface area contributed by atoms with Crippen LogP contribution in [0.3, 0.4) is 0 Å². The van der Waals surface area contributed by atoms with E-state index >= 15 is 0 Å². The first kappa shape index (κ1) is 15.8. The first-order valence-electron chi connectivity index (χ1n) is 7.87. The average Bonchev–Trinajstić information content (AvgIpc) is 2.57. The van der Waals surface area contributed by atoms with E-state index in [4.69, 9.17) is 12.2 Å². The van der Waals surface area contributed by atoms with E-state index in [0.717, 1.165) is 37.6 Å². The molecule has 0 aliphatic carbocycles. The van der Waals surface area contributed by atoms with Gasteiger partial charge in [0, 0.05) is 43.2 Å². The van der Waals surface area contributed by atoms with Gasteiger partial charge in [0.2, 0.25) is 0 Å². The summed E-state index contributed by atoms with van der Waals surface area (Å²) in [5.41, 5.74) is 3.25. The van der Waals surface area contributed by atoms with Crippen molar-refractivity contribution in [1.29, 1.82) is 0 Å². The maximum Gasteiger partial charge on any atom is 0.175 e. The lowest BCUT2D eigenvalue weighted by Gasteiger charge is -2.34. The number of hydrogen-bond acceptors (Lipinski definition) is 3. The molecule has 1 aliphatic heterocycles. The zero-order valence-electron chi connectivity index (χ0n) is 13.3. The minimum Gasteiger partial charge on any atom is -0.369 e. The van der Waals surface area contributed by atoms with Crippen molar-refractivity contribution in [3.8, 4) is 0 Å². The third-order valence-corrected chi connectivity index (χ3v) is 4.23. The molecule has 5 heteroatoms. The van der Waals surface area contributed by atoms with Crippen molar-refractivity contribution < 1.29 is 0 Å². The second kappa shape index (κ2) is 7.44. The molecule has 0 unspecified atom stereocenters. The van der Waals surface area contributed by atoms with E-state index in [1.807, 2.05) is 30.3 Å². The molecule has 23 heavy (non-hydrogen) atoms. The third-order valence-electron chi connectivity index (χ3n) is 4.03. The second-order valence-corrected chi connectivity index (χ2v) is 6.19. The maximum atomic E-state index is 5.35. The lowest BCUT2D eigenvalue weighted by molar-refractivity contribution is 0.313. The standard InChI is InChI=1S/C18H22N4S/c1-21-11-13-22(14-12-21)17-9-7-16(8-10-17)20-18(23)19-15-5-3-2-4-6-15/h2-10H,11-14H2,1H3,(H2,19,20,23). The Labute approximate surface area is 143 Å². The predicted molar refractivity (Wildman–Crippen MR) is 102 cm³/mol. The topological polar surface area (TPSA) is 30.5 Å². The molecule has 1 aliphatic rings. The van der Waals surface area contributed by atoms with E-state index in [9.17, 15) is 0 Å². The van der Waals surface area contributed by atoms with Gasteiger partial charge in [-0.05, 0) is 55.7 Å². The van der Waals surface area contributed by atoms with Crippen LogP contribution < -0.4 is 15.5 Å². The Morgan fingerprint density at radius 1 is 0.826 bits per heavy atom. The summed E-state index contributed by atoms with van der Waals surface area (Å²) < 4.78 is 0. The lowest BCUT2D eigenvalue weighted by atomic mass is 10.2. The smallest absolute Gasteiger partial charge is 0.175 e. The van der Waals surface area contributed by atoms with Crippen LogP contribution in [0.25, 0.3) is 0 Å². The van der Waals surface area contributed by atoms with Crippen LogP contribution in [0, 0.1) is 0 Å². The summed E-state index contributed by atoms with van der Waals surface area (Å²) in [7, 11) is 2.17. The fraction of sp³-hybridized carbons (Fsp3) is 0.278. The van der Waals surface area contributed by atoms with Crippen molar-refractivity contribution >= 4 is 34.4 Å². The van der Waals surface area contributed by atoms with Crippen molar-refractivity contribution in [1.82, 2.24) is 4.90 Å². The van der Waals surface area contributed by atoms with Crippen LogP contribution in [-0.4, -0.2) is 43.2 Å². The van der Waals surface area contributed by atoms with Gasteiger partial charge in [-0.15, -0.1) is 0 Å². The summed E-state index contributed by atoms with van der Waals surface area (Å²) in [5.74, 6) is 0. The van der Waals surface area contributed by atoms with E-state index in [0.29, 0.717) is 5.11 Å². The number of piperazine rings is 1. The van der Waals surface area contributed by atoms with Crippen LogP contribution in [0.15, 0.2) is 54.6 Å². The van der Waals surface area contributed by atoms with E-state index < -0.39 is 0 Å². The van der Waals surface area contributed by atoms with Gasteiger partial charge in [0.15, 0.2) is 5.11 Å². The second-order valence-electron chi connectivity index (χ2n) is 5.78. The number of hydrogen-bond donors (Lipinski definition) is 2. The molecule has 120 valence electrons. The van der Waals surface area contributed by atoms with Crippen LogP contribution >= 0.6 is 12.2 Å². The van der Waals surface area contributed by atoms with Crippen LogP contribution in [0.4, 0.5) is 17.1 Å². The van der Waals surface area contributed by atoms with Gasteiger partial charge in [-0.3, -0.25) is 0 Å². The van der Waals surface area contributed by atoms with E-state index in [-0.39, 0.29) is 0 Å². The highest BCUT2D eigenvalue weighted by atomic mass is 32.1. The Balaban J connectivity index is 1.56. The molecule has 1 saturated heterocycles. The van der Waals surface area contributed by atoms with Gasteiger partial charge in [-0.25, -0.2) is 0 Å². The molecular weight excluding hydrogens is 304 g/mol. The Bertz CT molecular complexity index is 634. The number of nitrogens with zero attached hydrogens (tertiary/aromatic N) is 2. The molecule has 0 spiro atoms. The summed E-state index contributed by atoms with van der Waals surface area (Å²) in [6, 6.07) is 18.4. The summed E-state index contributed by atoms with van der Waals surface area (Å²) in [6.07, 6.45) is 0. The van der Waals surface area contributed by atoms with Gasteiger partial charge in [-0.1, -0.05) is 18.2 Å². The Morgan fingerprint density at radius 3 is 2.00 bits per heavy atom. The van der Waals surface area contributed by atoms with Crippen LogP contribution in [-0.2, 0) is 0 Å². The summed E-state index contributed by atoms with van der Waals surface area (Å²) >= 11 is 5.35. The lowest BCUT2D eigenvalue weighted by Crippen LogP contribution is -2.44. The fourth-order valence-electron chi connectivity index (χ4n) is 2.64. The highest BCUT2D eigenvalue weighted by Gasteiger charge is 2.13.